The zero-order valence-electron chi connectivity index (χ0n) is 11.2. The number of halogens is 1. The highest BCUT2D eigenvalue weighted by molar-refractivity contribution is 9.10. The lowest BCUT2D eigenvalue weighted by atomic mass is 10.1. The minimum atomic E-state index is -0.239. The molecule has 0 radical (unpaired) electrons. The second-order valence-electron chi connectivity index (χ2n) is 4.40. The Balaban J connectivity index is 2.32. The molecule has 20 heavy (non-hydrogen) atoms. The molecule has 0 aliphatic carbocycles. The van der Waals surface area contributed by atoms with E-state index in [2.05, 4.69) is 21.2 Å². The molecule has 0 aliphatic heterocycles. The Kier molecular flexibility index (Phi) is 4.29. The first-order chi connectivity index (χ1) is 9.51. The number of anilines is 2. The summed E-state index contributed by atoms with van der Waals surface area (Å²) in [7, 11) is 1.54. The van der Waals surface area contributed by atoms with Crippen LogP contribution in [-0.4, -0.2) is 13.0 Å². The molecule has 0 fully saturated rings. The lowest BCUT2D eigenvalue weighted by Crippen LogP contribution is -2.14. The number of nitrogens with one attached hydrogen (secondary N) is 1. The number of carbonyl (C=O) groups is 1. The number of nitrogens with two attached hydrogens (primary N) is 1. The Morgan fingerprint density at radius 2 is 2.00 bits per heavy atom. The maximum atomic E-state index is 12.4. The fourth-order valence-electron chi connectivity index (χ4n) is 1.83. The molecule has 104 valence electrons. The molecule has 0 saturated carbocycles. The van der Waals surface area contributed by atoms with Gasteiger partial charge in [-0.2, -0.15) is 0 Å². The average Bonchev–Trinajstić information content (AvgIpc) is 2.42. The molecule has 0 atom stereocenters. The molecule has 0 bridgehead atoms. The molecule has 0 unspecified atom stereocenters. The first kappa shape index (κ1) is 14.4. The third kappa shape index (κ3) is 3.11. The molecule has 0 saturated heterocycles. The minimum absolute atomic E-state index is 0.239. The smallest absolute Gasteiger partial charge is 0.259 e. The van der Waals surface area contributed by atoms with Crippen LogP contribution in [0.1, 0.15) is 15.9 Å². The van der Waals surface area contributed by atoms with E-state index >= 15 is 0 Å². The molecule has 0 aromatic heterocycles. The number of benzene rings is 2. The van der Waals surface area contributed by atoms with Gasteiger partial charge in [0.2, 0.25) is 0 Å². The summed E-state index contributed by atoms with van der Waals surface area (Å²) in [5.74, 6) is 0.296. The van der Waals surface area contributed by atoms with E-state index in [4.69, 9.17) is 10.5 Å². The van der Waals surface area contributed by atoms with Gasteiger partial charge in [0.15, 0.2) is 0 Å². The monoisotopic (exact) mass is 334 g/mol. The number of aryl methyl sites for hydroxylation is 1. The van der Waals surface area contributed by atoms with Crippen LogP contribution in [0.2, 0.25) is 0 Å². The normalized spacial score (nSPS) is 10.2. The lowest BCUT2D eigenvalue weighted by Gasteiger charge is -2.11. The van der Waals surface area contributed by atoms with Crippen LogP contribution in [0, 0.1) is 6.92 Å². The standard InChI is InChI=1S/C15H15BrN2O2/c1-9-3-6-14(20-2)11(7-9)15(19)18-13-8-10(17)4-5-12(13)16/h3-8H,17H2,1-2H3,(H,18,19). The number of hydrogen-bond acceptors (Lipinski definition) is 3. The van der Waals surface area contributed by atoms with Crippen molar-refractivity contribution in [2.45, 2.75) is 6.92 Å². The Labute approximate surface area is 126 Å². The summed E-state index contributed by atoms with van der Waals surface area (Å²) in [5, 5.41) is 2.82. The highest BCUT2D eigenvalue weighted by Crippen LogP contribution is 2.27. The van der Waals surface area contributed by atoms with E-state index in [1.807, 2.05) is 13.0 Å². The number of amides is 1. The van der Waals surface area contributed by atoms with Gasteiger partial charge in [0.05, 0.1) is 18.4 Å². The zero-order chi connectivity index (χ0) is 14.7. The highest BCUT2D eigenvalue weighted by Gasteiger charge is 2.14. The predicted molar refractivity (Wildman–Crippen MR) is 84.2 cm³/mol. The molecule has 1 amide bonds. The third-order valence-corrected chi connectivity index (χ3v) is 3.53. The maximum absolute atomic E-state index is 12.4. The predicted octanol–water partition coefficient (Wildman–Crippen LogP) is 3.60. The first-order valence-electron chi connectivity index (χ1n) is 6.02. The fourth-order valence-corrected chi connectivity index (χ4v) is 2.17. The summed E-state index contributed by atoms with van der Waals surface area (Å²) in [6.07, 6.45) is 0. The topological polar surface area (TPSA) is 64.3 Å². The van der Waals surface area contributed by atoms with Gasteiger partial charge in [0.25, 0.3) is 5.91 Å². The number of hydrogen-bond donors (Lipinski definition) is 2. The molecular formula is C15H15BrN2O2. The third-order valence-electron chi connectivity index (χ3n) is 2.84. The fraction of sp³-hybridized carbons (Fsp3) is 0.133. The van der Waals surface area contributed by atoms with Gasteiger partial charge in [-0.1, -0.05) is 11.6 Å². The van der Waals surface area contributed by atoms with Gasteiger partial charge in [0.1, 0.15) is 5.75 Å². The van der Waals surface area contributed by atoms with Crippen molar-refractivity contribution in [1.82, 2.24) is 0 Å². The van der Waals surface area contributed by atoms with Gasteiger partial charge in [-0.3, -0.25) is 4.79 Å². The molecule has 2 aromatic carbocycles. The van der Waals surface area contributed by atoms with Crippen molar-refractivity contribution in [3.8, 4) is 5.75 Å². The first-order valence-corrected chi connectivity index (χ1v) is 6.81. The minimum Gasteiger partial charge on any atom is -0.496 e. The van der Waals surface area contributed by atoms with Crippen LogP contribution >= 0.6 is 15.9 Å². The number of ether oxygens (including phenoxy) is 1. The van der Waals surface area contributed by atoms with E-state index in [1.165, 1.54) is 7.11 Å². The second kappa shape index (κ2) is 5.96. The van der Waals surface area contributed by atoms with Crippen LogP contribution in [-0.2, 0) is 0 Å². The molecule has 0 heterocycles. The van der Waals surface area contributed by atoms with Crippen LogP contribution in [0.4, 0.5) is 11.4 Å². The average molecular weight is 335 g/mol. The molecule has 2 aromatic rings. The van der Waals surface area contributed by atoms with Crippen LogP contribution in [0.15, 0.2) is 40.9 Å². The molecule has 0 aliphatic rings. The Morgan fingerprint density at radius 1 is 1.25 bits per heavy atom. The van der Waals surface area contributed by atoms with Gasteiger partial charge >= 0.3 is 0 Å². The maximum Gasteiger partial charge on any atom is 0.259 e. The van der Waals surface area contributed by atoms with Crippen LogP contribution in [0.25, 0.3) is 0 Å². The summed E-state index contributed by atoms with van der Waals surface area (Å²) in [5.41, 5.74) is 8.41. The van der Waals surface area contributed by atoms with E-state index < -0.39 is 0 Å². The largest absolute Gasteiger partial charge is 0.496 e. The van der Waals surface area contributed by atoms with Gasteiger partial charge < -0.3 is 15.8 Å². The summed E-state index contributed by atoms with van der Waals surface area (Å²) in [6.45, 7) is 1.92. The van der Waals surface area contributed by atoms with E-state index in [9.17, 15) is 4.79 Å². The van der Waals surface area contributed by atoms with Crippen LogP contribution in [0.3, 0.4) is 0 Å². The Bertz CT molecular complexity index is 656. The molecular weight excluding hydrogens is 320 g/mol. The SMILES string of the molecule is COc1ccc(C)cc1C(=O)Nc1cc(N)ccc1Br. The van der Waals surface area contributed by atoms with Crippen molar-refractivity contribution < 1.29 is 9.53 Å². The van der Waals surface area contributed by atoms with Crippen LogP contribution < -0.4 is 15.8 Å². The Hall–Kier alpha value is -2.01. The van der Waals surface area contributed by atoms with Gasteiger partial charge in [-0.15, -0.1) is 0 Å². The van der Waals surface area contributed by atoms with Crippen molar-refractivity contribution in [2.75, 3.05) is 18.2 Å². The van der Waals surface area contributed by atoms with E-state index in [0.29, 0.717) is 22.7 Å². The molecule has 5 heteroatoms. The van der Waals surface area contributed by atoms with Crippen molar-refractivity contribution >= 4 is 33.2 Å². The van der Waals surface area contributed by atoms with Crippen LogP contribution in [0.5, 0.6) is 5.75 Å². The number of carbonyl (C=O) groups excluding carboxylic acids is 1. The summed E-state index contributed by atoms with van der Waals surface area (Å²) >= 11 is 3.38. The molecule has 2 rings (SSSR count). The number of nitrogen functional groups attached to an aromatic ring is 1. The lowest BCUT2D eigenvalue weighted by molar-refractivity contribution is 0.102. The van der Waals surface area contributed by atoms with Gasteiger partial charge in [0, 0.05) is 10.2 Å². The summed E-state index contributed by atoms with van der Waals surface area (Å²) < 4.78 is 5.99. The number of methoxy groups -OCH3 is 1. The summed E-state index contributed by atoms with van der Waals surface area (Å²) in [4.78, 5) is 12.4. The molecule has 4 nitrogen and oxygen atoms in total. The second-order valence-corrected chi connectivity index (χ2v) is 5.25. The zero-order valence-corrected chi connectivity index (χ0v) is 12.8. The van der Waals surface area contributed by atoms with E-state index in [-0.39, 0.29) is 5.91 Å². The van der Waals surface area contributed by atoms with Crippen molar-refractivity contribution in [1.29, 1.82) is 0 Å². The molecule has 3 N–H and O–H groups in total. The van der Waals surface area contributed by atoms with Crippen molar-refractivity contribution in [2.24, 2.45) is 0 Å². The van der Waals surface area contributed by atoms with E-state index in [0.717, 1.165) is 10.0 Å². The van der Waals surface area contributed by atoms with Crippen molar-refractivity contribution in [3.63, 3.8) is 0 Å². The summed E-state index contributed by atoms with van der Waals surface area (Å²) in [6, 6.07) is 10.7. The van der Waals surface area contributed by atoms with Gasteiger partial charge in [-0.25, -0.2) is 0 Å². The van der Waals surface area contributed by atoms with Crippen molar-refractivity contribution in [3.05, 3.63) is 52.0 Å². The Morgan fingerprint density at radius 3 is 2.70 bits per heavy atom. The molecule has 0 spiro atoms. The van der Waals surface area contributed by atoms with E-state index in [1.54, 1.807) is 30.3 Å². The van der Waals surface area contributed by atoms with Gasteiger partial charge in [-0.05, 0) is 53.2 Å². The highest BCUT2D eigenvalue weighted by atomic mass is 79.9. The number of rotatable bonds is 3. The quantitative estimate of drug-likeness (QED) is 0.843.